The van der Waals surface area contributed by atoms with Crippen molar-refractivity contribution in [3.05, 3.63) is 89.7 Å². The number of ether oxygens (including phenoxy) is 1. The number of hydrogen-bond donors (Lipinski definition) is 2. The largest absolute Gasteiger partial charge is 0.748 e. The lowest BCUT2D eigenvalue weighted by molar-refractivity contribution is -0.697. The van der Waals surface area contributed by atoms with Crippen molar-refractivity contribution in [3.63, 3.8) is 0 Å². The number of rotatable bonds is 10. The standard InChI is InChI=1S/C26H26N2O7S/c29-25(30)24(15-18-7-5-12-28(16-18)13-6-14-36(32,33)34)27-26(31)35-17-23-21-10-3-1-8-19(21)20-9-2-4-11-22(20)23/h1-5,7-12,16,23-24H,6,13-15,17H2,(H2-,27,29,30,31,32,33,34)/t24-/m1/s1. The molecule has 1 aromatic heterocycles. The molecule has 36 heavy (non-hydrogen) atoms. The molecule has 1 aliphatic carbocycles. The SMILES string of the molecule is O=C(N[C@H](Cc1ccc[n+](CCCS(=O)(=O)[O-])c1)C(=O)O)OCC1c2ccccc2-c2ccccc21. The molecule has 2 aromatic carbocycles. The Kier molecular flexibility index (Phi) is 7.66. The predicted molar refractivity (Wildman–Crippen MR) is 129 cm³/mol. The molecule has 1 aliphatic rings. The lowest BCUT2D eigenvalue weighted by Gasteiger charge is -2.17. The van der Waals surface area contributed by atoms with Crippen LogP contribution in [0.5, 0.6) is 0 Å². The lowest BCUT2D eigenvalue weighted by Crippen LogP contribution is -2.43. The predicted octanol–water partition coefficient (Wildman–Crippen LogP) is 2.44. The highest BCUT2D eigenvalue weighted by atomic mass is 32.2. The highest BCUT2D eigenvalue weighted by Gasteiger charge is 2.30. The molecule has 0 fully saturated rings. The maximum Gasteiger partial charge on any atom is 0.407 e. The molecule has 1 heterocycles. The first-order chi connectivity index (χ1) is 17.2. The first-order valence-corrected chi connectivity index (χ1v) is 13.0. The fraction of sp³-hybridized carbons (Fsp3) is 0.269. The molecule has 0 spiro atoms. The van der Waals surface area contributed by atoms with Crippen molar-refractivity contribution in [3.8, 4) is 11.1 Å². The lowest BCUT2D eigenvalue weighted by atomic mass is 9.98. The van der Waals surface area contributed by atoms with E-state index in [1.54, 1.807) is 29.1 Å². The minimum Gasteiger partial charge on any atom is -0.748 e. The first-order valence-electron chi connectivity index (χ1n) is 11.5. The number of nitrogens with one attached hydrogen (secondary N) is 1. The second-order valence-electron chi connectivity index (χ2n) is 8.63. The number of carboxylic acids is 1. The second-order valence-corrected chi connectivity index (χ2v) is 10.2. The highest BCUT2D eigenvalue weighted by Crippen LogP contribution is 2.44. The molecular formula is C26H26N2O7S. The molecule has 0 saturated heterocycles. The van der Waals surface area contributed by atoms with E-state index < -0.39 is 34.0 Å². The summed E-state index contributed by atoms with van der Waals surface area (Å²) < 4.78 is 39.5. The topological polar surface area (TPSA) is 137 Å². The van der Waals surface area contributed by atoms with Crippen molar-refractivity contribution in [1.29, 1.82) is 0 Å². The van der Waals surface area contributed by atoms with Gasteiger partial charge in [0.2, 0.25) is 0 Å². The van der Waals surface area contributed by atoms with Gasteiger partial charge in [0.25, 0.3) is 0 Å². The molecule has 10 heteroatoms. The number of fused-ring (bicyclic) bond motifs is 3. The molecule has 2 N–H and O–H groups in total. The van der Waals surface area contributed by atoms with Gasteiger partial charge in [-0.1, -0.05) is 48.5 Å². The van der Waals surface area contributed by atoms with Gasteiger partial charge in [0.05, 0.1) is 10.1 Å². The Balaban J connectivity index is 1.37. The van der Waals surface area contributed by atoms with E-state index in [0.29, 0.717) is 5.56 Å². The van der Waals surface area contributed by atoms with E-state index in [9.17, 15) is 27.7 Å². The number of hydrogen-bond acceptors (Lipinski definition) is 6. The molecule has 0 radical (unpaired) electrons. The van der Waals surface area contributed by atoms with Crippen LogP contribution in [0.2, 0.25) is 0 Å². The number of aromatic nitrogens is 1. The van der Waals surface area contributed by atoms with Crippen LogP contribution in [0.4, 0.5) is 4.79 Å². The third-order valence-corrected chi connectivity index (χ3v) is 6.89. The van der Waals surface area contributed by atoms with E-state index in [1.165, 1.54) is 0 Å². The molecule has 3 aromatic rings. The Morgan fingerprint density at radius 1 is 1.03 bits per heavy atom. The van der Waals surface area contributed by atoms with Gasteiger partial charge in [-0.2, -0.15) is 0 Å². The van der Waals surface area contributed by atoms with Crippen molar-refractivity contribution >= 4 is 22.2 Å². The summed E-state index contributed by atoms with van der Waals surface area (Å²) in [7, 11) is -4.30. The van der Waals surface area contributed by atoms with E-state index in [1.807, 2.05) is 48.5 Å². The van der Waals surface area contributed by atoms with E-state index in [0.717, 1.165) is 22.3 Å². The van der Waals surface area contributed by atoms with E-state index >= 15 is 0 Å². The van der Waals surface area contributed by atoms with Gasteiger partial charge in [0.1, 0.15) is 19.2 Å². The van der Waals surface area contributed by atoms with Crippen LogP contribution in [0.15, 0.2) is 73.1 Å². The number of pyridine rings is 1. The molecule has 4 rings (SSSR count). The Labute approximate surface area is 209 Å². The molecule has 0 aliphatic heterocycles. The summed E-state index contributed by atoms with van der Waals surface area (Å²) >= 11 is 0. The van der Waals surface area contributed by atoms with Crippen LogP contribution in [0, 0.1) is 0 Å². The van der Waals surface area contributed by atoms with Gasteiger partial charge in [-0.25, -0.2) is 22.6 Å². The number of amides is 1. The summed E-state index contributed by atoms with van der Waals surface area (Å²) in [5, 5.41) is 12.1. The molecule has 188 valence electrons. The van der Waals surface area contributed by atoms with Crippen LogP contribution in [0.3, 0.4) is 0 Å². The highest BCUT2D eigenvalue weighted by molar-refractivity contribution is 7.85. The first kappa shape index (κ1) is 25.3. The number of alkyl carbamates (subject to hydrolysis) is 1. The fourth-order valence-corrected chi connectivity index (χ4v) is 4.96. The number of benzene rings is 2. The van der Waals surface area contributed by atoms with Crippen LogP contribution >= 0.6 is 0 Å². The quantitative estimate of drug-likeness (QED) is 0.316. The molecule has 0 unspecified atom stereocenters. The number of carboxylic acid groups (broad SMARTS) is 1. The molecule has 0 bridgehead atoms. The van der Waals surface area contributed by atoms with Crippen molar-refractivity contribution < 1.29 is 37.0 Å². The van der Waals surface area contributed by atoms with Crippen molar-refractivity contribution in [2.45, 2.75) is 31.3 Å². The van der Waals surface area contributed by atoms with Crippen LogP contribution in [0.25, 0.3) is 11.1 Å². The molecule has 0 saturated carbocycles. The zero-order chi connectivity index (χ0) is 25.7. The van der Waals surface area contributed by atoms with Crippen LogP contribution in [-0.4, -0.2) is 48.5 Å². The minimum absolute atomic E-state index is 0.000221. The third-order valence-electron chi connectivity index (χ3n) is 6.10. The average molecular weight is 511 g/mol. The van der Waals surface area contributed by atoms with Gasteiger partial charge in [0.15, 0.2) is 12.4 Å². The van der Waals surface area contributed by atoms with Crippen molar-refractivity contribution in [2.24, 2.45) is 0 Å². The zero-order valence-corrected chi connectivity index (χ0v) is 20.2. The van der Waals surface area contributed by atoms with Gasteiger partial charge < -0.3 is 19.7 Å². The smallest absolute Gasteiger partial charge is 0.407 e. The van der Waals surface area contributed by atoms with E-state index in [-0.39, 0.29) is 31.9 Å². The number of carbonyl (C=O) groups is 2. The van der Waals surface area contributed by atoms with Gasteiger partial charge in [-0.05, 0) is 28.3 Å². The maximum atomic E-state index is 12.5. The van der Waals surface area contributed by atoms with Gasteiger partial charge in [-0.3, -0.25) is 0 Å². The Morgan fingerprint density at radius 3 is 2.28 bits per heavy atom. The second kappa shape index (κ2) is 10.9. The molecular weight excluding hydrogens is 484 g/mol. The Bertz CT molecular complexity index is 1330. The number of aryl methyl sites for hydroxylation is 1. The summed E-state index contributed by atoms with van der Waals surface area (Å²) in [5.41, 5.74) is 4.92. The van der Waals surface area contributed by atoms with Crippen LogP contribution in [-0.2, 0) is 32.6 Å². The van der Waals surface area contributed by atoms with Crippen LogP contribution in [0.1, 0.15) is 29.0 Å². The summed E-state index contributed by atoms with van der Waals surface area (Å²) in [6.45, 7) is 0.354. The Morgan fingerprint density at radius 2 is 1.67 bits per heavy atom. The normalized spacial score (nSPS) is 13.5. The minimum atomic E-state index is -4.30. The molecule has 1 amide bonds. The number of nitrogens with zero attached hydrogens (tertiary/aromatic N) is 1. The van der Waals surface area contributed by atoms with E-state index in [4.69, 9.17) is 4.74 Å². The molecule has 1 atom stereocenters. The van der Waals surface area contributed by atoms with Gasteiger partial charge in [-0.15, -0.1) is 0 Å². The monoisotopic (exact) mass is 510 g/mol. The summed E-state index contributed by atoms with van der Waals surface area (Å²) in [6, 6.07) is 18.0. The average Bonchev–Trinajstić information content (AvgIpc) is 3.15. The molecule has 9 nitrogen and oxygen atoms in total. The van der Waals surface area contributed by atoms with Crippen molar-refractivity contribution in [1.82, 2.24) is 5.32 Å². The Hall–Kier alpha value is -3.76. The number of carbonyl (C=O) groups excluding carboxylic acids is 1. The zero-order valence-electron chi connectivity index (χ0n) is 19.4. The summed E-state index contributed by atoms with van der Waals surface area (Å²) in [5.74, 6) is -1.83. The van der Waals surface area contributed by atoms with Gasteiger partial charge >= 0.3 is 12.1 Å². The number of aliphatic carboxylic acids is 1. The maximum absolute atomic E-state index is 12.5. The summed E-state index contributed by atoms with van der Waals surface area (Å²) in [6.07, 6.45) is 2.66. The third kappa shape index (κ3) is 6.27. The fourth-order valence-electron chi connectivity index (χ4n) is 4.48. The van der Waals surface area contributed by atoms with E-state index in [2.05, 4.69) is 5.32 Å². The van der Waals surface area contributed by atoms with Crippen molar-refractivity contribution in [2.75, 3.05) is 12.4 Å². The van der Waals surface area contributed by atoms with Crippen LogP contribution < -0.4 is 9.88 Å². The summed E-state index contributed by atoms with van der Waals surface area (Å²) in [4.78, 5) is 24.4. The van der Waals surface area contributed by atoms with Gasteiger partial charge in [0, 0.05) is 36.1 Å².